The van der Waals surface area contributed by atoms with E-state index in [0.29, 0.717) is 30.6 Å². The Morgan fingerprint density at radius 3 is 2.15 bits per heavy atom. The van der Waals surface area contributed by atoms with E-state index in [2.05, 4.69) is 41.2 Å². The lowest BCUT2D eigenvalue weighted by Gasteiger charge is -2.20. The first kappa shape index (κ1) is 61.9. The number of aromatic amines is 1. The molecule has 2 unspecified atom stereocenters. The van der Waals surface area contributed by atoms with Crippen molar-refractivity contribution in [3.63, 3.8) is 0 Å². The third-order valence-corrected chi connectivity index (χ3v) is 16.0. The number of benzene rings is 4. The number of carboxylic acid groups (broad SMARTS) is 3. The largest absolute Gasteiger partial charge is 0.494 e. The van der Waals surface area contributed by atoms with Crippen LogP contribution in [-0.2, 0) is 47.7 Å². The number of anilines is 3. The number of nitrogens with one attached hydrogen (secondary N) is 6. The summed E-state index contributed by atoms with van der Waals surface area (Å²) in [6.07, 6.45) is 1.52. The van der Waals surface area contributed by atoms with Crippen LogP contribution in [-0.4, -0.2) is 136 Å². The van der Waals surface area contributed by atoms with Crippen molar-refractivity contribution in [1.82, 2.24) is 40.5 Å². The molecule has 17 N–H and O–H groups in total. The number of fused-ring (bicyclic) bond motifs is 3. The molecule has 34 heteroatoms. The zero-order valence-corrected chi connectivity index (χ0v) is 46.7. The van der Waals surface area contributed by atoms with Gasteiger partial charge < -0.3 is 62.7 Å². The maximum atomic E-state index is 13.4. The smallest absolute Gasteiger partial charge is 0.336 e. The highest BCUT2D eigenvalue weighted by Gasteiger charge is 2.33. The van der Waals surface area contributed by atoms with E-state index < -0.39 is 130 Å². The van der Waals surface area contributed by atoms with Gasteiger partial charge in [-0.3, -0.25) is 43.2 Å². The van der Waals surface area contributed by atoms with Gasteiger partial charge in [-0.1, -0.05) is 6.07 Å². The average molecular weight is 1240 g/mol. The van der Waals surface area contributed by atoms with E-state index in [1.807, 2.05) is 0 Å². The molecule has 450 valence electrons. The maximum absolute atomic E-state index is 13.4. The number of nitrogen functional groups attached to an aromatic ring is 2. The Balaban J connectivity index is 0.815. The third-order valence-electron chi connectivity index (χ3n) is 13.1. The van der Waals surface area contributed by atoms with E-state index in [9.17, 15) is 85.0 Å². The molecule has 0 bridgehead atoms. The van der Waals surface area contributed by atoms with E-state index >= 15 is 0 Å². The lowest BCUT2D eigenvalue weighted by Crippen LogP contribution is -2.44. The second-order valence-electron chi connectivity index (χ2n) is 18.9. The SMILES string of the molecule is N=c1ccc2c(-c3ccc(C(=O)NCCCCCn4c(O)cc(SCC(NC(=O)CCC(NC(=O)c5ccc(NCc6cnc7nc(N)[nH]c(=O)c7n6)cc5)C(=O)O)C(=O)O)c4O)cc3C(=O)O)c3ccc(N)c(S(=O)(=O)O)c3oc-2c1S(=O)(=O)O. The third kappa shape index (κ3) is 13.9. The molecule has 86 heavy (non-hydrogen) atoms. The minimum atomic E-state index is -5.26. The zero-order chi connectivity index (χ0) is 62.5. The number of aromatic hydroxyl groups is 2. The van der Waals surface area contributed by atoms with Crippen molar-refractivity contribution in [2.24, 2.45) is 0 Å². The Morgan fingerprint density at radius 1 is 0.791 bits per heavy atom. The number of amides is 3. The van der Waals surface area contributed by atoms with Crippen LogP contribution < -0.4 is 43.7 Å². The fraction of sp³-hybridized carbons (Fsp3) is 0.212. The normalized spacial score (nSPS) is 12.4. The molecule has 0 radical (unpaired) electrons. The highest BCUT2D eigenvalue weighted by molar-refractivity contribution is 7.99. The Morgan fingerprint density at radius 2 is 1.48 bits per heavy atom. The van der Waals surface area contributed by atoms with Crippen LogP contribution in [0, 0.1) is 5.41 Å². The van der Waals surface area contributed by atoms with Crippen molar-refractivity contribution in [2.75, 3.05) is 29.1 Å². The summed E-state index contributed by atoms with van der Waals surface area (Å²) in [7, 11) is -10.5. The molecule has 3 amide bonds. The number of carbonyl (C=O) groups is 6. The van der Waals surface area contributed by atoms with E-state index in [1.165, 1.54) is 54.7 Å². The Labute approximate surface area is 487 Å². The highest BCUT2D eigenvalue weighted by Crippen LogP contribution is 2.46. The van der Waals surface area contributed by atoms with Gasteiger partial charge in [0.15, 0.2) is 38.2 Å². The minimum Gasteiger partial charge on any atom is -0.494 e. The quantitative estimate of drug-likeness (QED) is 0.0129. The van der Waals surface area contributed by atoms with Gasteiger partial charge in [-0.05, 0) is 91.9 Å². The molecule has 2 atom stereocenters. The summed E-state index contributed by atoms with van der Waals surface area (Å²) in [5, 5.41) is 69.2. The van der Waals surface area contributed by atoms with Crippen LogP contribution in [0.2, 0.25) is 0 Å². The number of aliphatic carboxylic acids is 2. The molecule has 0 saturated heterocycles. The molecular formula is C52H50N12O19S3. The van der Waals surface area contributed by atoms with Crippen molar-refractivity contribution in [3.05, 3.63) is 117 Å². The van der Waals surface area contributed by atoms with Crippen LogP contribution in [0.15, 0.2) is 103 Å². The molecule has 0 saturated carbocycles. The summed E-state index contributed by atoms with van der Waals surface area (Å²) in [6.45, 7) is 0.223. The van der Waals surface area contributed by atoms with E-state index in [1.54, 1.807) is 0 Å². The second-order valence-corrected chi connectivity index (χ2v) is 22.7. The second kappa shape index (κ2) is 25.4. The van der Waals surface area contributed by atoms with Crippen LogP contribution >= 0.6 is 11.8 Å². The van der Waals surface area contributed by atoms with E-state index in [-0.39, 0.29) is 86.5 Å². The number of aromatic nitrogens is 5. The number of hydrogen-bond donors (Lipinski definition) is 15. The molecule has 1 aliphatic carbocycles. The highest BCUT2D eigenvalue weighted by atomic mass is 32.2. The van der Waals surface area contributed by atoms with Crippen LogP contribution in [0.3, 0.4) is 0 Å². The summed E-state index contributed by atoms with van der Waals surface area (Å²) in [5.74, 6) is -8.95. The molecule has 4 heterocycles. The van der Waals surface area contributed by atoms with Gasteiger partial charge in [0.25, 0.3) is 37.6 Å². The van der Waals surface area contributed by atoms with Gasteiger partial charge in [-0.25, -0.2) is 24.4 Å². The molecule has 0 fully saturated rings. The molecule has 3 aromatic carbocycles. The lowest BCUT2D eigenvalue weighted by molar-refractivity contribution is -0.142. The first-order chi connectivity index (χ1) is 40.6. The van der Waals surface area contributed by atoms with Gasteiger partial charge in [0.1, 0.15) is 12.1 Å². The lowest BCUT2D eigenvalue weighted by atomic mass is 9.89. The summed E-state index contributed by atoms with van der Waals surface area (Å²) in [6, 6.07) is 11.8. The van der Waals surface area contributed by atoms with Gasteiger partial charge in [0.05, 0.1) is 39.9 Å². The van der Waals surface area contributed by atoms with Crippen molar-refractivity contribution in [1.29, 1.82) is 5.41 Å². The van der Waals surface area contributed by atoms with Crippen LogP contribution in [0.5, 0.6) is 11.8 Å². The van der Waals surface area contributed by atoms with Gasteiger partial charge in [0, 0.05) is 64.7 Å². The van der Waals surface area contributed by atoms with Crippen molar-refractivity contribution in [2.45, 2.75) is 72.0 Å². The predicted molar refractivity (Wildman–Crippen MR) is 304 cm³/mol. The van der Waals surface area contributed by atoms with Gasteiger partial charge in [0.2, 0.25) is 17.7 Å². The molecule has 3 aromatic heterocycles. The standard InChI is InChI=1S/C52H50N12O19S3/c53-31-12-10-28-38(29-11-13-32(54)43(86(80,81)82)41(29)83-40(28)42(31)85(77,78)79)27-9-6-24(18-30(27)49(71)72)45(67)56-16-2-1-3-17-64-37(66)19-35(48(64)70)84-22-34(51(75)76)60-36(65)15-14-33(50(73)74)61-46(68)23-4-7-25(8-5-23)57-20-26-21-58-44-39(59-26)47(69)63-52(55)62-44/h4-13,18-19,21,33-34,53,57,66,70H,1-3,14-17,20,22,54H2,(H,56,67)(H,60,65)(H,61,68)(H,71,72)(H,73,74)(H,75,76)(H,77,78,79)(H,80,81,82)(H3,55,58,62,63,69). The number of unbranched alkanes of at least 4 members (excludes halogenated alkanes) is 2. The topological polar surface area (TPSA) is 526 Å². The summed E-state index contributed by atoms with van der Waals surface area (Å²) < 4.78 is 77.1. The van der Waals surface area contributed by atoms with E-state index in [0.717, 1.165) is 40.6 Å². The van der Waals surface area contributed by atoms with Crippen LogP contribution in [0.4, 0.5) is 17.3 Å². The maximum Gasteiger partial charge on any atom is 0.336 e. The predicted octanol–water partition coefficient (Wildman–Crippen LogP) is 2.82. The number of hydrogen-bond acceptors (Lipinski definition) is 22. The fourth-order valence-corrected chi connectivity index (χ4v) is 11.4. The number of carboxylic acids is 3. The van der Waals surface area contributed by atoms with Crippen molar-refractivity contribution < 1.29 is 84.7 Å². The monoisotopic (exact) mass is 1240 g/mol. The first-order valence-electron chi connectivity index (χ1n) is 25.2. The number of nitrogens with zero attached hydrogens (tertiary/aromatic N) is 4. The summed E-state index contributed by atoms with van der Waals surface area (Å²) in [5.41, 5.74) is 9.27. The van der Waals surface area contributed by atoms with Crippen LogP contribution in [0.25, 0.3) is 44.6 Å². The first-order valence-corrected chi connectivity index (χ1v) is 29.1. The molecule has 31 nitrogen and oxygen atoms in total. The summed E-state index contributed by atoms with van der Waals surface area (Å²) >= 11 is 0.786. The molecular weight excluding hydrogens is 1190 g/mol. The molecule has 6 aromatic rings. The number of thioether (sulfide) groups is 1. The number of H-pyrrole nitrogens is 1. The van der Waals surface area contributed by atoms with E-state index in [4.69, 9.17) is 21.3 Å². The van der Waals surface area contributed by atoms with Gasteiger partial charge in [-0.15, -0.1) is 11.8 Å². The minimum absolute atomic E-state index is 0.0134. The molecule has 0 spiro atoms. The Kier molecular flexibility index (Phi) is 18.3. The number of carbonyl (C=O) groups excluding carboxylic acids is 3. The van der Waals surface area contributed by atoms with Gasteiger partial charge >= 0.3 is 17.9 Å². The Hall–Kier alpha value is -10.2. The molecule has 2 aliphatic rings. The number of rotatable bonds is 25. The molecule has 8 rings (SSSR count). The van der Waals surface area contributed by atoms with Crippen LogP contribution in [0.1, 0.15) is 68.9 Å². The Bertz CT molecular complexity index is 4380. The zero-order valence-electron chi connectivity index (χ0n) is 44.2. The fourth-order valence-electron chi connectivity index (χ4n) is 8.96. The number of nitrogens with two attached hydrogens (primary N) is 2. The van der Waals surface area contributed by atoms with Crippen molar-refractivity contribution >= 4 is 107 Å². The van der Waals surface area contributed by atoms with Crippen molar-refractivity contribution in [3.8, 4) is 34.2 Å². The average Bonchev–Trinajstić information content (AvgIpc) is 0.840. The van der Waals surface area contributed by atoms with Gasteiger partial charge in [-0.2, -0.15) is 21.8 Å². The summed E-state index contributed by atoms with van der Waals surface area (Å²) in [4.78, 5) is 101. The molecule has 1 aliphatic heterocycles. The number of aromatic carboxylic acids is 1.